The van der Waals surface area contributed by atoms with Crippen LogP contribution in [0.15, 0.2) is 18.5 Å². The number of aromatic nitrogens is 2. The van der Waals surface area contributed by atoms with E-state index < -0.39 is 0 Å². The summed E-state index contributed by atoms with van der Waals surface area (Å²) in [5.74, 6) is 1.58. The molecule has 1 aromatic rings. The maximum absolute atomic E-state index is 6.10. The Hall–Kier alpha value is -0.960. The second-order valence-corrected chi connectivity index (χ2v) is 4.45. The molecule has 0 radical (unpaired) electrons. The van der Waals surface area contributed by atoms with Gasteiger partial charge in [-0.05, 0) is 18.4 Å². The van der Waals surface area contributed by atoms with Crippen molar-refractivity contribution < 1.29 is 0 Å². The SMILES string of the molecule is N[C@H](CC1CCCCC1)c1ncccn1. The van der Waals surface area contributed by atoms with Crippen molar-refractivity contribution in [2.75, 3.05) is 0 Å². The molecule has 15 heavy (non-hydrogen) atoms. The normalized spacial score (nSPS) is 20.1. The fourth-order valence-electron chi connectivity index (χ4n) is 2.39. The largest absolute Gasteiger partial charge is 0.321 e. The summed E-state index contributed by atoms with van der Waals surface area (Å²) in [4.78, 5) is 8.42. The number of nitrogens with zero attached hydrogens (tertiary/aromatic N) is 2. The van der Waals surface area contributed by atoms with Crippen LogP contribution in [0.4, 0.5) is 0 Å². The van der Waals surface area contributed by atoms with Gasteiger partial charge in [0, 0.05) is 12.4 Å². The van der Waals surface area contributed by atoms with E-state index in [0.29, 0.717) is 0 Å². The Balaban J connectivity index is 1.88. The third-order valence-electron chi connectivity index (χ3n) is 3.23. The third-order valence-corrected chi connectivity index (χ3v) is 3.23. The highest BCUT2D eigenvalue weighted by Crippen LogP contribution is 2.29. The van der Waals surface area contributed by atoms with Gasteiger partial charge in [0.05, 0.1) is 6.04 Å². The van der Waals surface area contributed by atoms with Crippen LogP contribution in [0.3, 0.4) is 0 Å². The molecule has 3 heteroatoms. The Morgan fingerprint density at radius 1 is 1.20 bits per heavy atom. The highest BCUT2D eigenvalue weighted by Gasteiger charge is 2.18. The zero-order valence-electron chi connectivity index (χ0n) is 9.10. The summed E-state index contributed by atoms with van der Waals surface area (Å²) in [7, 11) is 0. The van der Waals surface area contributed by atoms with Crippen LogP contribution in [0.5, 0.6) is 0 Å². The minimum Gasteiger partial charge on any atom is -0.321 e. The van der Waals surface area contributed by atoms with Crippen molar-refractivity contribution in [2.24, 2.45) is 11.7 Å². The van der Waals surface area contributed by atoms with E-state index in [4.69, 9.17) is 5.73 Å². The molecule has 0 amide bonds. The van der Waals surface area contributed by atoms with Crippen molar-refractivity contribution in [2.45, 2.75) is 44.6 Å². The van der Waals surface area contributed by atoms with Gasteiger partial charge in [-0.1, -0.05) is 32.1 Å². The Morgan fingerprint density at radius 2 is 1.87 bits per heavy atom. The van der Waals surface area contributed by atoms with Crippen molar-refractivity contribution in [3.8, 4) is 0 Å². The van der Waals surface area contributed by atoms with E-state index in [9.17, 15) is 0 Å². The molecule has 0 aromatic carbocycles. The first kappa shape index (κ1) is 10.6. The highest BCUT2D eigenvalue weighted by atomic mass is 14.9. The van der Waals surface area contributed by atoms with Gasteiger partial charge in [0.1, 0.15) is 5.82 Å². The Bertz CT molecular complexity index is 280. The fourth-order valence-corrected chi connectivity index (χ4v) is 2.39. The van der Waals surface area contributed by atoms with Gasteiger partial charge in [0.2, 0.25) is 0 Å². The zero-order chi connectivity index (χ0) is 10.5. The molecule has 0 spiro atoms. The summed E-state index contributed by atoms with van der Waals surface area (Å²) in [6.07, 6.45) is 11.4. The van der Waals surface area contributed by atoms with Crippen LogP contribution in [-0.4, -0.2) is 9.97 Å². The molecule has 3 nitrogen and oxygen atoms in total. The summed E-state index contributed by atoms with van der Waals surface area (Å²) in [5.41, 5.74) is 6.10. The van der Waals surface area contributed by atoms with Gasteiger partial charge in [0.25, 0.3) is 0 Å². The van der Waals surface area contributed by atoms with Crippen molar-refractivity contribution in [3.05, 3.63) is 24.3 Å². The number of hydrogen-bond donors (Lipinski definition) is 1. The first-order valence-corrected chi connectivity index (χ1v) is 5.89. The lowest BCUT2D eigenvalue weighted by Crippen LogP contribution is -2.19. The van der Waals surface area contributed by atoms with Crippen LogP contribution in [0.25, 0.3) is 0 Å². The van der Waals surface area contributed by atoms with E-state index in [0.717, 1.165) is 18.2 Å². The maximum atomic E-state index is 6.10. The monoisotopic (exact) mass is 205 g/mol. The van der Waals surface area contributed by atoms with Crippen molar-refractivity contribution in [1.82, 2.24) is 9.97 Å². The second-order valence-electron chi connectivity index (χ2n) is 4.45. The van der Waals surface area contributed by atoms with Crippen molar-refractivity contribution in [3.63, 3.8) is 0 Å². The molecule has 0 saturated heterocycles. The Morgan fingerprint density at radius 3 is 2.53 bits per heavy atom. The van der Waals surface area contributed by atoms with Crippen molar-refractivity contribution in [1.29, 1.82) is 0 Å². The van der Waals surface area contributed by atoms with Crippen LogP contribution in [0.1, 0.15) is 50.4 Å². The fraction of sp³-hybridized carbons (Fsp3) is 0.667. The quantitative estimate of drug-likeness (QED) is 0.824. The molecule has 1 heterocycles. The third kappa shape index (κ3) is 2.99. The van der Waals surface area contributed by atoms with Crippen LogP contribution in [-0.2, 0) is 0 Å². The minimum absolute atomic E-state index is 0.0225. The molecule has 1 aromatic heterocycles. The molecule has 1 aliphatic carbocycles. The molecule has 2 rings (SSSR count). The van der Waals surface area contributed by atoms with Crippen molar-refractivity contribution >= 4 is 0 Å². The Kier molecular flexibility index (Phi) is 3.67. The van der Waals surface area contributed by atoms with Gasteiger partial charge in [-0.15, -0.1) is 0 Å². The number of nitrogens with two attached hydrogens (primary N) is 1. The van der Waals surface area contributed by atoms with E-state index >= 15 is 0 Å². The molecule has 82 valence electrons. The summed E-state index contributed by atoms with van der Waals surface area (Å²) < 4.78 is 0. The van der Waals surface area contributed by atoms with Crippen LogP contribution in [0, 0.1) is 5.92 Å². The first-order chi connectivity index (χ1) is 7.36. The molecule has 1 fully saturated rings. The maximum Gasteiger partial charge on any atom is 0.144 e. The van der Waals surface area contributed by atoms with Gasteiger partial charge in [0.15, 0.2) is 0 Å². The van der Waals surface area contributed by atoms with E-state index in [1.165, 1.54) is 32.1 Å². The first-order valence-electron chi connectivity index (χ1n) is 5.89. The van der Waals surface area contributed by atoms with Crippen LogP contribution < -0.4 is 5.73 Å². The smallest absolute Gasteiger partial charge is 0.144 e. The summed E-state index contributed by atoms with van der Waals surface area (Å²) in [5, 5.41) is 0. The predicted octanol–water partition coefficient (Wildman–Crippen LogP) is 2.45. The topological polar surface area (TPSA) is 51.8 Å². The van der Waals surface area contributed by atoms with Gasteiger partial charge in [-0.2, -0.15) is 0 Å². The second kappa shape index (κ2) is 5.21. The summed E-state index contributed by atoms with van der Waals surface area (Å²) >= 11 is 0. The molecular formula is C12H19N3. The average molecular weight is 205 g/mol. The molecule has 1 atom stereocenters. The molecular weight excluding hydrogens is 186 g/mol. The predicted molar refractivity (Wildman–Crippen MR) is 60.2 cm³/mol. The van der Waals surface area contributed by atoms with E-state index in [2.05, 4.69) is 9.97 Å². The molecule has 0 unspecified atom stereocenters. The number of rotatable bonds is 3. The van der Waals surface area contributed by atoms with Gasteiger partial charge in [-0.3, -0.25) is 0 Å². The summed E-state index contributed by atoms with van der Waals surface area (Å²) in [6, 6.07) is 1.85. The minimum atomic E-state index is 0.0225. The lowest BCUT2D eigenvalue weighted by Gasteiger charge is -2.23. The highest BCUT2D eigenvalue weighted by molar-refractivity contribution is 4.95. The Labute approximate surface area is 91.1 Å². The van der Waals surface area contributed by atoms with Crippen LogP contribution in [0.2, 0.25) is 0 Å². The molecule has 0 bridgehead atoms. The standard InChI is InChI=1S/C12H19N3/c13-11(12-14-7-4-8-15-12)9-10-5-2-1-3-6-10/h4,7-8,10-11H,1-3,5-6,9,13H2/t11-/m1/s1. The van der Waals surface area contributed by atoms with E-state index in [1.807, 2.05) is 6.07 Å². The molecule has 1 saturated carbocycles. The average Bonchev–Trinajstić information content (AvgIpc) is 2.31. The molecule has 0 aliphatic heterocycles. The van der Waals surface area contributed by atoms with E-state index in [-0.39, 0.29) is 6.04 Å². The zero-order valence-corrected chi connectivity index (χ0v) is 9.10. The summed E-state index contributed by atoms with van der Waals surface area (Å²) in [6.45, 7) is 0. The van der Waals surface area contributed by atoms with Gasteiger partial charge < -0.3 is 5.73 Å². The van der Waals surface area contributed by atoms with Gasteiger partial charge in [-0.25, -0.2) is 9.97 Å². The molecule has 1 aliphatic rings. The lowest BCUT2D eigenvalue weighted by molar-refractivity contribution is 0.315. The van der Waals surface area contributed by atoms with Crippen LogP contribution >= 0.6 is 0 Å². The number of hydrogen-bond acceptors (Lipinski definition) is 3. The molecule has 2 N–H and O–H groups in total. The van der Waals surface area contributed by atoms with E-state index in [1.54, 1.807) is 12.4 Å². The lowest BCUT2D eigenvalue weighted by atomic mass is 9.85. The van der Waals surface area contributed by atoms with Gasteiger partial charge >= 0.3 is 0 Å².